The van der Waals surface area contributed by atoms with E-state index in [1.54, 1.807) is 171 Å². The molecule has 140 heavy (non-hydrogen) atoms. The summed E-state index contributed by atoms with van der Waals surface area (Å²) in [5, 5.41) is 23.7. The summed E-state index contributed by atoms with van der Waals surface area (Å²) in [4.78, 5) is 154. The maximum absolute atomic E-state index is 13.2. The zero-order valence-electron chi connectivity index (χ0n) is 76.4. The predicted molar refractivity (Wildman–Crippen MR) is 544 cm³/mol. The maximum Gasteiger partial charge on any atom is 0.256 e. The average Bonchev–Trinajstić information content (AvgIpc) is 1.33. The van der Waals surface area contributed by atoms with Gasteiger partial charge in [0.1, 0.15) is 46.6 Å². The summed E-state index contributed by atoms with van der Waals surface area (Å²) in [6.07, 6.45) is 24.5. The van der Waals surface area contributed by atoms with Crippen molar-refractivity contribution >= 4 is 120 Å². The third kappa shape index (κ3) is 22.2. The second-order valence-corrected chi connectivity index (χ2v) is 36.4. The number of benzene rings is 8. The second kappa shape index (κ2) is 42.0. The van der Waals surface area contributed by atoms with Gasteiger partial charge >= 0.3 is 0 Å². The van der Waals surface area contributed by atoms with Crippen molar-refractivity contribution in [3.63, 3.8) is 0 Å². The van der Waals surface area contributed by atoms with E-state index < -0.39 is 0 Å². The van der Waals surface area contributed by atoms with Gasteiger partial charge in [0.05, 0.1) is 56.0 Å². The van der Waals surface area contributed by atoms with Crippen LogP contribution in [0.1, 0.15) is 188 Å². The van der Waals surface area contributed by atoms with E-state index in [1.807, 2.05) is 121 Å². The molecule has 8 amide bonds. The van der Waals surface area contributed by atoms with E-state index in [-0.39, 0.29) is 72.3 Å². The summed E-state index contributed by atoms with van der Waals surface area (Å²) in [6.45, 7) is 8.84. The van der Waals surface area contributed by atoms with Crippen LogP contribution < -0.4 is 42.5 Å². The molecule has 4 unspecified atom stereocenters. The molecule has 6 aliphatic rings. The molecule has 8 aromatic carbocycles. The molecular weight excluding hydrogens is 1760 g/mol. The van der Waals surface area contributed by atoms with Gasteiger partial charge in [-0.05, 0) is 282 Å². The van der Waals surface area contributed by atoms with Crippen LogP contribution in [0.2, 0.25) is 0 Å². The van der Waals surface area contributed by atoms with Crippen LogP contribution in [0, 0.1) is 29.6 Å². The van der Waals surface area contributed by atoms with Crippen LogP contribution >= 0.6 is 0 Å². The first-order valence-corrected chi connectivity index (χ1v) is 46.9. The van der Waals surface area contributed by atoms with E-state index in [9.17, 15) is 38.4 Å². The number of carbonyl (C=O) groups excluding carboxylic acids is 8. The van der Waals surface area contributed by atoms with E-state index in [0.717, 1.165) is 117 Å². The van der Waals surface area contributed by atoms with Crippen LogP contribution in [0.15, 0.2) is 304 Å². The van der Waals surface area contributed by atoms with Crippen molar-refractivity contribution in [3.8, 4) is 45.6 Å². The third-order valence-electron chi connectivity index (χ3n) is 26.6. The largest absolute Gasteiger partial charge is 0.349 e. The minimum atomic E-state index is -0.242. The average molecular weight is 1860 g/mol. The number of aromatic amines is 4. The monoisotopic (exact) mass is 1860 g/mol. The quantitative estimate of drug-likeness (QED) is 0.0315. The number of carbonyl (C=O) groups is 8. The second-order valence-electron chi connectivity index (χ2n) is 36.4. The number of aromatic nitrogens is 13. The van der Waals surface area contributed by atoms with E-state index >= 15 is 0 Å². The molecule has 4 atom stereocenters. The Balaban J connectivity index is 0.000000123. The predicted octanol–water partition coefficient (Wildman–Crippen LogP) is 21.3. The van der Waals surface area contributed by atoms with Crippen molar-refractivity contribution in [2.45, 2.75) is 122 Å². The van der Waals surface area contributed by atoms with Crippen LogP contribution in [0.3, 0.4) is 0 Å². The molecule has 4 bridgehead atoms. The molecule has 0 spiro atoms. The first-order chi connectivity index (χ1) is 67.7. The topological polar surface area (TPSA) is 412 Å². The minimum Gasteiger partial charge on any atom is -0.349 e. The van der Waals surface area contributed by atoms with Crippen molar-refractivity contribution in [1.29, 1.82) is 0 Å². The lowest BCUT2D eigenvalue weighted by molar-refractivity contribution is 0.0215. The van der Waals surface area contributed by atoms with Gasteiger partial charge in [-0.3, -0.25) is 43.3 Å². The molecule has 12 N–H and O–H groups in total. The molecule has 702 valence electrons. The molecule has 23 rings (SSSR count). The summed E-state index contributed by atoms with van der Waals surface area (Å²) >= 11 is 0. The first-order valence-electron chi connectivity index (χ1n) is 46.9. The van der Waals surface area contributed by atoms with Crippen molar-refractivity contribution in [2.75, 3.05) is 26.6 Å². The third-order valence-corrected chi connectivity index (χ3v) is 26.6. The van der Waals surface area contributed by atoms with Gasteiger partial charge in [0, 0.05) is 115 Å². The van der Waals surface area contributed by atoms with E-state index in [2.05, 4.69) is 128 Å². The number of allylic oxidation sites excluding steroid dienone is 1. The number of nitrogens with zero attached hydrogens (tertiary/aromatic N) is 9. The highest BCUT2D eigenvalue weighted by Gasteiger charge is 2.53. The SMILES string of the molecule is C.C=C1C2CC3CC1CC(NC(=O)c1ccc(-c4nc5ccc(C(=O)Nc6ccccn6)cc5[nH]4)cc1)(C3)C2.CC1CCC(NC(=O)c2ccc(-c3nc4ccc(C(=O)Nc5ccccn5)cc4[nH]3)cc2)CC1.CC1CCCCC1NC(=O)c1ccc(-c2nc3ccc(C(=O)Nc4ccccn4)cc3[nH]2)cc1.O=C(Nc1cccnc1)c1ccc2nc(-c3ccc(C(=O)Nc4ccccn4)cc3)[nH]c2c1. The fraction of sp³-hybridized carbons (Fsp3) is 0.216. The van der Waals surface area contributed by atoms with Crippen LogP contribution in [-0.4, -0.2) is 130 Å². The molecule has 6 aliphatic carbocycles. The van der Waals surface area contributed by atoms with E-state index in [0.29, 0.717) is 115 Å². The first kappa shape index (κ1) is 93.3. The number of hydrogen-bond donors (Lipinski definition) is 12. The maximum atomic E-state index is 13.2. The highest BCUT2D eigenvalue weighted by Crippen LogP contribution is 2.58. The molecular formula is C111H105N21O8. The van der Waals surface area contributed by atoms with E-state index in [4.69, 9.17) is 0 Å². The Morgan fingerprint density at radius 2 is 0.686 bits per heavy atom. The number of fused-ring (bicyclic) bond motifs is 4. The fourth-order valence-electron chi connectivity index (χ4n) is 19.2. The molecule has 6 saturated carbocycles. The summed E-state index contributed by atoms with van der Waals surface area (Å²) in [5.41, 5.74) is 16.0. The Kier molecular flexibility index (Phi) is 28.0. The van der Waals surface area contributed by atoms with E-state index in [1.165, 1.54) is 50.5 Å². The lowest BCUT2D eigenvalue weighted by Crippen LogP contribution is -2.60. The molecule has 29 nitrogen and oxygen atoms in total. The van der Waals surface area contributed by atoms with Crippen molar-refractivity contribution < 1.29 is 38.4 Å². The number of pyridine rings is 5. The number of nitrogens with one attached hydrogen (secondary N) is 12. The molecule has 0 radical (unpaired) electrons. The Hall–Kier alpha value is -17.1. The lowest BCUT2D eigenvalue weighted by Gasteiger charge is -2.57. The number of hydrogen-bond acceptors (Lipinski definition) is 17. The van der Waals surface area contributed by atoms with Gasteiger partial charge in [0.15, 0.2) is 0 Å². The van der Waals surface area contributed by atoms with Crippen molar-refractivity contribution in [1.82, 2.24) is 80.7 Å². The molecule has 0 saturated heterocycles. The van der Waals surface area contributed by atoms with Crippen LogP contribution in [0.4, 0.5) is 29.0 Å². The lowest BCUT2D eigenvalue weighted by atomic mass is 9.51. The Morgan fingerprint density at radius 3 is 1.04 bits per heavy atom. The number of imidazole rings is 4. The summed E-state index contributed by atoms with van der Waals surface area (Å²) in [6, 6.07) is 76.3. The summed E-state index contributed by atoms with van der Waals surface area (Å²) in [5.74, 6) is 6.58. The number of H-pyrrole nitrogens is 4. The van der Waals surface area contributed by atoms with Crippen LogP contribution in [-0.2, 0) is 0 Å². The Bertz CT molecular complexity index is 7360. The number of anilines is 5. The standard InChI is InChI=1S/C31H29N5O2.2C27H27N5O2.C25H18N6O2.CH4/c1-18-23-12-19-13-24(18)17-31(15-19,16-23)36-30(38)21-7-5-20(6-8-21)28-33-25-10-9-22(14-26(25)34-28)29(37)35-27-4-2-3-11-32-27;1-17-6-2-3-7-21(17)31-26(33)19-11-9-18(10-12-19)25-29-22-14-13-20(16-23(22)30-25)27(34)32-24-8-4-5-15-28-24;1-17-5-12-21(13-6-17)29-26(33)19-9-7-18(8-10-19)25-30-22-14-11-20(16-23(22)31-25)27(34)32-24-4-2-3-15-28-24;32-24(31-22-5-1-2-13-27-22)17-8-6-16(7-9-17)23-29-20-11-10-18(14-21(20)30-23)25(33)28-19-4-3-12-26-15-19;/h2-11,14,19,23-24H,1,12-13,15-17H2,(H,33,34)(H,36,38)(H,32,35,37);4-5,8-17,21H,2-3,6-7H2,1H3,(H,29,30)(H,31,33)(H,28,32,34);2-4,7-11,14-17,21H,5-6,12-13H2,1H3,(H,29,33)(H,30,31)(H,28,32,34);1-15H,(H,28,33)(H,29,30)(H,27,31,32);1H4. The minimum absolute atomic E-state index is 0. The van der Waals surface area contributed by atoms with Crippen molar-refractivity contribution in [3.05, 3.63) is 349 Å². The van der Waals surface area contributed by atoms with Gasteiger partial charge in [-0.15, -0.1) is 0 Å². The van der Waals surface area contributed by atoms with Gasteiger partial charge < -0.3 is 62.5 Å². The fourth-order valence-corrected chi connectivity index (χ4v) is 19.2. The molecule has 0 aliphatic heterocycles. The van der Waals surface area contributed by atoms with Gasteiger partial charge in [-0.2, -0.15) is 0 Å². The molecule has 6 fully saturated rings. The van der Waals surface area contributed by atoms with Gasteiger partial charge in [0.25, 0.3) is 47.3 Å². The van der Waals surface area contributed by atoms with Gasteiger partial charge in [-0.1, -0.05) is 119 Å². The zero-order chi connectivity index (χ0) is 95.5. The van der Waals surface area contributed by atoms with Crippen molar-refractivity contribution in [2.24, 2.45) is 29.6 Å². The zero-order valence-corrected chi connectivity index (χ0v) is 76.4. The van der Waals surface area contributed by atoms with Gasteiger partial charge in [0.2, 0.25) is 0 Å². The Labute approximate surface area is 807 Å². The normalized spacial score (nSPS) is 18.1. The van der Waals surface area contributed by atoms with Crippen LogP contribution in [0.5, 0.6) is 0 Å². The summed E-state index contributed by atoms with van der Waals surface area (Å²) < 4.78 is 0. The van der Waals surface area contributed by atoms with Crippen LogP contribution in [0.25, 0.3) is 89.7 Å². The molecule has 29 heteroatoms. The smallest absolute Gasteiger partial charge is 0.256 e. The molecule has 9 aromatic heterocycles. The Morgan fingerprint density at radius 1 is 0.343 bits per heavy atom. The van der Waals surface area contributed by atoms with Gasteiger partial charge in [-0.25, -0.2) is 39.9 Å². The highest BCUT2D eigenvalue weighted by molar-refractivity contribution is 6.09. The number of rotatable bonds is 20. The molecule has 9 heterocycles. The highest BCUT2D eigenvalue weighted by atomic mass is 16.2. The summed E-state index contributed by atoms with van der Waals surface area (Å²) in [7, 11) is 0. The molecule has 17 aromatic rings. The number of amides is 8.